The third kappa shape index (κ3) is 3.08. The Morgan fingerprint density at radius 3 is 2.62 bits per heavy atom. The molecule has 0 saturated heterocycles. The summed E-state index contributed by atoms with van der Waals surface area (Å²) in [5.74, 6) is 7.51. The highest BCUT2D eigenvalue weighted by Crippen LogP contribution is 2.24. The zero-order valence-electron chi connectivity index (χ0n) is 11.8. The van der Waals surface area contributed by atoms with E-state index in [4.69, 9.17) is 5.84 Å². The van der Waals surface area contributed by atoms with Gasteiger partial charge in [0.15, 0.2) is 5.82 Å². The van der Waals surface area contributed by atoms with Crippen LogP contribution in [0.5, 0.6) is 0 Å². The molecule has 3 aromatic rings. The summed E-state index contributed by atoms with van der Waals surface area (Å²) in [6.45, 7) is 4.05. The van der Waals surface area contributed by atoms with Crippen LogP contribution >= 0.6 is 23.1 Å². The second-order valence-corrected chi connectivity index (χ2v) is 6.69. The summed E-state index contributed by atoms with van der Waals surface area (Å²) in [6.07, 6.45) is 0. The maximum atomic E-state index is 6.10. The molecule has 0 atom stereocenters. The minimum Gasteiger partial charge on any atom is -0.335 e. The smallest absolute Gasteiger partial charge is 0.210 e. The van der Waals surface area contributed by atoms with Gasteiger partial charge in [-0.1, -0.05) is 41.6 Å². The molecule has 108 valence electrons. The Bertz CT molecular complexity index is 745. The summed E-state index contributed by atoms with van der Waals surface area (Å²) < 4.78 is 1.54. The Hall–Kier alpha value is -1.86. The molecule has 0 spiro atoms. The maximum absolute atomic E-state index is 6.10. The van der Waals surface area contributed by atoms with Crippen LogP contribution in [0.3, 0.4) is 0 Å². The first-order chi connectivity index (χ1) is 10.1. The number of nitrogens with two attached hydrogens (primary N) is 1. The van der Waals surface area contributed by atoms with E-state index in [-0.39, 0.29) is 0 Å². The van der Waals surface area contributed by atoms with Gasteiger partial charge in [0.05, 0.1) is 10.7 Å². The van der Waals surface area contributed by atoms with E-state index < -0.39 is 0 Å². The van der Waals surface area contributed by atoms with Gasteiger partial charge in [-0.15, -0.1) is 21.5 Å². The number of nitrogen functional groups attached to an aromatic ring is 1. The van der Waals surface area contributed by atoms with Crippen molar-refractivity contribution in [2.75, 3.05) is 5.84 Å². The van der Waals surface area contributed by atoms with Gasteiger partial charge in [-0.25, -0.2) is 9.66 Å². The minimum absolute atomic E-state index is 0.673. The Morgan fingerprint density at radius 1 is 1.19 bits per heavy atom. The van der Waals surface area contributed by atoms with E-state index in [1.807, 2.05) is 38.1 Å². The Labute approximate surface area is 131 Å². The number of thiazole rings is 1. The molecule has 0 aliphatic heterocycles. The zero-order chi connectivity index (χ0) is 14.8. The molecule has 0 aliphatic carbocycles. The number of aryl methyl sites for hydroxylation is 2. The zero-order valence-corrected chi connectivity index (χ0v) is 13.4. The SMILES string of the molecule is Cc1ccc(-c2nnc(SCc3csc(C)n3)n2N)cc1. The van der Waals surface area contributed by atoms with Gasteiger partial charge in [0.2, 0.25) is 5.16 Å². The van der Waals surface area contributed by atoms with Gasteiger partial charge < -0.3 is 5.84 Å². The molecule has 0 unspecified atom stereocenters. The van der Waals surface area contributed by atoms with Gasteiger partial charge >= 0.3 is 0 Å². The summed E-state index contributed by atoms with van der Waals surface area (Å²) >= 11 is 3.19. The van der Waals surface area contributed by atoms with Gasteiger partial charge in [-0.2, -0.15) is 0 Å². The lowest BCUT2D eigenvalue weighted by atomic mass is 10.1. The van der Waals surface area contributed by atoms with E-state index in [2.05, 4.69) is 20.6 Å². The molecule has 0 radical (unpaired) electrons. The lowest BCUT2D eigenvalue weighted by Gasteiger charge is -2.03. The molecule has 2 heterocycles. The van der Waals surface area contributed by atoms with Crippen LogP contribution in [0.15, 0.2) is 34.8 Å². The molecule has 5 nitrogen and oxygen atoms in total. The molecular weight excluding hydrogens is 302 g/mol. The van der Waals surface area contributed by atoms with Crippen LogP contribution in [0, 0.1) is 13.8 Å². The van der Waals surface area contributed by atoms with E-state index in [1.165, 1.54) is 10.2 Å². The van der Waals surface area contributed by atoms with Crippen molar-refractivity contribution in [3.05, 3.63) is 45.9 Å². The highest BCUT2D eigenvalue weighted by molar-refractivity contribution is 7.98. The lowest BCUT2D eigenvalue weighted by molar-refractivity contribution is 0.849. The van der Waals surface area contributed by atoms with E-state index in [1.54, 1.807) is 23.1 Å². The van der Waals surface area contributed by atoms with Crippen molar-refractivity contribution in [3.63, 3.8) is 0 Å². The standard InChI is InChI=1S/C14H15N5S2/c1-9-3-5-11(6-4-9)13-17-18-14(19(13)15)21-8-12-7-20-10(2)16-12/h3-7H,8,15H2,1-2H3. The number of nitrogens with zero attached hydrogens (tertiary/aromatic N) is 4. The predicted molar refractivity (Wildman–Crippen MR) is 86.8 cm³/mol. The quantitative estimate of drug-likeness (QED) is 0.591. The van der Waals surface area contributed by atoms with Gasteiger partial charge in [0.25, 0.3) is 0 Å². The summed E-state index contributed by atoms with van der Waals surface area (Å²) in [5.41, 5.74) is 3.21. The normalized spacial score (nSPS) is 11.0. The Kier molecular flexibility index (Phi) is 3.94. The van der Waals surface area contributed by atoms with E-state index in [9.17, 15) is 0 Å². The number of hydrogen-bond donors (Lipinski definition) is 1. The molecule has 3 rings (SSSR count). The predicted octanol–water partition coefficient (Wildman–Crippen LogP) is 3.02. The third-order valence-electron chi connectivity index (χ3n) is 2.99. The fourth-order valence-electron chi connectivity index (χ4n) is 1.89. The van der Waals surface area contributed by atoms with Crippen LogP contribution in [-0.4, -0.2) is 19.9 Å². The van der Waals surface area contributed by atoms with Gasteiger partial charge in [-0.3, -0.25) is 0 Å². The van der Waals surface area contributed by atoms with Crippen LogP contribution in [0.4, 0.5) is 0 Å². The first-order valence-corrected chi connectivity index (χ1v) is 8.31. The van der Waals surface area contributed by atoms with Crippen LogP contribution in [0.25, 0.3) is 11.4 Å². The average molecular weight is 317 g/mol. The molecule has 0 amide bonds. The molecule has 2 N–H and O–H groups in total. The fraction of sp³-hybridized carbons (Fsp3) is 0.214. The maximum Gasteiger partial charge on any atom is 0.210 e. The third-order valence-corrected chi connectivity index (χ3v) is 4.79. The van der Waals surface area contributed by atoms with E-state index in [0.717, 1.165) is 22.0 Å². The Balaban J connectivity index is 1.77. The molecule has 21 heavy (non-hydrogen) atoms. The highest BCUT2D eigenvalue weighted by atomic mass is 32.2. The minimum atomic E-state index is 0.673. The summed E-state index contributed by atoms with van der Waals surface area (Å²) in [5, 5.41) is 12.2. The van der Waals surface area contributed by atoms with Crippen molar-refractivity contribution in [3.8, 4) is 11.4 Å². The molecule has 0 bridgehead atoms. The lowest BCUT2D eigenvalue weighted by Crippen LogP contribution is -2.11. The highest BCUT2D eigenvalue weighted by Gasteiger charge is 2.12. The van der Waals surface area contributed by atoms with Crippen LogP contribution in [0.2, 0.25) is 0 Å². The largest absolute Gasteiger partial charge is 0.335 e. The fourth-order valence-corrected chi connectivity index (χ4v) is 3.36. The average Bonchev–Trinajstić information content (AvgIpc) is 3.04. The first-order valence-electron chi connectivity index (χ1n) is 6.45. The van der Waals surface area contributed by atoms with Crippen molar-refractivity contribution in [2.24, 2.45) is 0 Å². The first kappa shape index (κ1) is 14.1. The molecule has 7 heteroatoms. The number of benzene rings is 1. The second-order valence-electron chi connectivity index (χ2n) is 4.69. The van der Waals surface area contributed by atoms with E-state index >= 15 is 0 Å². The summed E-state index contributed by atoms with van der Waals surface area (Å²) in [7, 11) is 0. The van der Waals surface area contributed by atoms with Gasteiger partial charge in [0, 0.05) is 16.7 Å². The Morgan fingerprint density at radius 2 is 1.95 bits per heavy atom. The molecular formula is C14H15N5S2. The van der Waals surface area contributed by atoms with E-state index in [0.29, 0.717) is 11.0 Å². The van der Waals surface area contributed by atoms with Crippen molar-refractivity contribution in [1.29, 1.82) is 0 Å². The molecule has 1 aromatic carbocycles. The number of rotatable bonds is 4. The molecule has 2 aromatic heterocycles. The van der Waals surface area contributed by atoms with Gasteiger partial charge in [-0.05, 0) is 13.8 Å². The number of aromatic nitrogens is 4. The summed E-state index contributed by atoms with van der Waals surface area (Å²) in [6, 6.07) is 8.08. The molecule has 0 saturated carbocycles. The second kappa shape index (κ2) is 5.87. The van der Waals surface area contributed by atoms with Crippen LogP contribution in [-0.2, 0) is 5.75 Å². The van der Waals surface area contributed by atoms with Crippen molar-refractivity contribution in [2.45, 2.75) is 24.8 Å². The molecule has 0 aliphatic rings. The number of hydrogen-bond acceptors (Lipinski definition) is 6. The van der Waals surface area contributed by atoms with Crippen molar-refractivity contribution >= 4 is 23.1 Å². The van der Waals surface area contributed by atoms with Crippen LogP contribution in [0.1, 0.15) is 16.3 Å². The van der Waals surface area contributed by atoms with Crippen molar-refractivity contribution < 1.29 is 0 Å². The summed E-state index contributed by atoms with van der Waals surface area (Å²) in [4.78, 5) is 4.43. The molecule has 0 fully saturated rings. The topological polar surface area (TPSA) is 69.6 Å². The van der Waals surface area contributed by atoms with Crippen LogP contribution < -0.4 is 5.84 Å². The van der Waals surface area contributed by atoms with Crippen molar-refractivity contribution in [1.82, 2.24) is 19.9 Å². The van der Waals surface area contributed by atoms with Gasteiger partial charge in [0.1, 0.15) is 0 Å². The number of thioether (sulfide) groups is 1. The monoisotopic (exact) mass is 317 g/mol.